The fraction of sp³-hybridized carbons (Fsp3) is 0.625. The maximum atomic E-state index is 10.6. The van der Waals surface area contributed by atoms with Crippen LogP contribution in [0.4, 0.5) is 0 Å². The van der Waals surface area contributed by atoms with Gasteiger partial charge in [-0.1, -0.05) is 58.0 Å². The molecule has 0 fully saturated rings. The van der Waals surface area contributed by atoms with Crippen LogP contribution in [-0.2, 0) is 23.5 Å². The van der Waals surface area contributed by atoms with Crippen LogP contribution < -0.4 is 0 Å². The fourth-order valence-corrected chi connectivity index (χ4v) is 2.00. The number of benzene rings is 1. The van der Waals surface area contributed by atoms with E-state index in [-0.39, 0.29) is 11.8 Å². The molecule has 0 amide bonds. The monoisotopic (exact) mass is 368 g/mol. The zero-order valence-electron chi connectivity index (χ0n) is 13.9. The molecule has 0 atom stereocenters. The van der Waals surface area contributed by atoms with Gasteiger partial charge in [-0.3, -0.25) is 0 Å². The van der Waals surface area contributed by atoms with Crippen molar-refractivity contribution in [1.29, 1.82) is 0 Å². The quantitative estimate of drug-likeness (QED) is 0.721. The third-order valence-electron chi connectivity index (χ3n) is 3.33. The number of aliphatic hydroxyl groups is 1. The van der Waals surface area contributed by atoms with Crippen molar-refractivity contribution in [3.63, 3.8) is 0 Å². The number of nitrogens with zero attached hydrogens (tertiary/aromatic N) is 1. The third-order valence-corrected chi connectivity index (χ3v) is 3.33. The van der Waals surface area contributed by atoms with E-state index in [1.165, 1.54) is 5.56 Å². The molecule has 0 aliphatic carbocycles. The Morgan fingerprint density at radius 2 is 1.38 bits per heavy atom. The first-order chi connectivity index (χ1) is 9.79. The topological polar surface area (TPSA) is 34.3 Å². The first-order valence-electron chi connectivity index (χ1n) is 7.00. The van der Waals surface area contributed by atoms with Gasteiger partial charge in [0.05, 0.1) is 5.60 Å². The molecule has 0 aromatic heterocycles. The molecule has 21 heavy (non-hydrogen) atoms. The van der Waals surface area contributed by atoms with Crippen LogP contribution in [-0.4, -0.2) is 24.8 Å². The van der Waals surface area contributed by atoms with Crippen molar-refractivity contribution < 1.29 is 22.1 Å². The maximum absolute atomic E-state index is 10.6. The average molecular weight is 369 g/mol. The average Bonchev–Trinajstić information content (AvgIpc) is 2.41. The molecule has 122 valence electrons. The molecule has 0 unspecified atom stereocenters. The van der Waals surface area contributed by atoms with Gasteiger partial charge in [0.15, 0.2) is 0 Å². The Morgan fingerprint density at radius 3 is 1.67 bits per heavy atom. The van der Waals surface area contributed by atoms with Gasteiger partial charge in [0.2, 0.25) is 0 Å². The van der Waals surface area contributed by atoms with E-state index in [1.54, 1.807) is 14.1 Å². The Kier molecular flexibility index (Phi) is 15.9. The van der Waals surface area contributed by atoms with E-state index in [0.717, 1.165) is 6.42 Å². The minimum atomic E-state index is -0.596. The summed E-state index contributed by atoms with van der Waals surface area (Å²) < 4.78 is 0. The summed E-state index contributed by atoms with van der Waals surface area (Å²) in [5.41, 5.74) is 0.615. The van der Waals surface area contributed by atoms with Gasteiger partial charge in [-0.05, 0) is 17.4 Å². The van der Waals surface area contributed by atoms with E-state index in [9.17, 15) is 5.11 Å². The molecular formula is C16H28Cl2NOTi-. The minimum absolute atomic E-state index is 0.276. The van der Waals surface area contributed by atoms with Crippen LogP contribution in [0.15, 0.2) is 30.3 Å². The van der Waals surface area contributed by atoms with Crippen molar-refractivity contribution in [2.45, 2.75) is 39.7 Å². The Balaban J connectivity index is 0. The summed E-state index contributed by atoms with van der Waals surface area (Å²) in [5.74, 6) is 0.551. The summed E-state index contributed by atoms with van der Waals surface area (Å²) in [6.45, 7) is 8.35. The van der Waals surface area contributed by atoms with Gasteiger partial charge in [-0.15, -0.1) is 0 Å². The van der Waals surface area contributed by atoms with Crippen molar-refractivity contribution in [1.82, 2.24) is 0 Å². The first-order valence-corrected chi connectivity index (χ1v) is 11.3. The van der Waals surface area contributed by atoms with E-state index in [2.05, 4.69) is 45.1 Å². The molecule has 2 nitrogen and oxygen atoms in total. The van der Waals surface area contributed by atoms with Crippen molar-refractivity contribution in [3.8, 4) is 0 Å². The Hall–Kier alpha value is 0.434. The zero-order valence-corrected chi connectivity index (χ0v) is 17.0. The van der Waals surface area contributed by atoms with Crippen LogP contribution in [0.2, 0.25) is 0 Å². The van der Waals surface area contributed by atoms with Crippen molar-refractivity contribution in [3.05, 3.63) is 41.2 Å². The molecule has 0 saturated heterocycles. The van der Waals surface area contributed by atoms with E-state index in [1.807, 2.05) is 18.2 Å². The zero-order chi connectivity index (χ0) is 16.9. The van der Waals surface area contributed by atoms with Crippen molar-refractivity contribution >= 4 is 18.6 Å². The van der Waals surface area contributed by atoms with Gasteiger partial charge in [0.1, 0.15) is 0 Å². The van der Waals surface area contributed by atoms with Crippen LogP contribution in [0, 0.1) is 11.8 Å². The van der Waals surface area contributed by atoms with Crippen molar-refractivity contribution in [2.75, 3.05) is 14.1 Å². The number of hydrogen-bond acceptors (Lipinski definition) is 1. The summed E-state index contributed by atoms with van der Waals surface area (Å²) in [7, 11) is 13.3. The molecule has 1 aromatic carbocycles. The van der Waals surface area contributed by atoms with Gasteiger partial charge >= 0.3 is 35.6 Å². The van der Waals surface area contributed by atoms with Crippen LogP contribution in [0.1, 0.15) is 33.3 Å². The Morgan fingerprint density at radius 1 is 1.05 bits per heavy atom. The van der Waals surface area contributed by atoms with Crippen LogP contribution in [0.25, 0.3) is 5.32 Å². The summed E-state index contributed by atoms with van der Waals surface area (Å²) in [6.07, 6.45) is 0.739. The van der Waals surface area contributed by atoms with Crippen LogP contribution in [0.3, 0.4) is 0 Å². The van der Waals surface area contributed by atoms with Crippen LogP contribution >= 0.6 is 18.6 Å². The predicted molar refractivity (Wildman–Crippen MR) is 91.7 cm³/mol. The van der Waals surface area contributed by atoms with Crippen molar-refractivity contribution in [2.24, 2.45) is 11.8 Å². The van der Waals surface area contributed by atoms with Crippen LogP contribution in [0.5, 0.6) is 0 Å². The standard InChI is InChI=1S/C14H22O.C2H6N.2ClH.Ti/c1-11(2)14(15,12(3)4)10-13-8-6-5-7-9-13;1-3-2;;;/h5-9,11-12,15H,10H2,1-4H3;1-2H3;2*1H;/q;-1;;;+2/p-2. The molecule has 1 N–H and O–H groups in total. The summed E-state index contributed by atoms with van der Waals surface area (Å²) in [6, 6.07) is 10.2. The van der Waals surface area contributed by atoms with Gasteiger partial charge in [0.25, 0.3) is 0 Å². The molecule has 0 spiro atoms. The van der Waals surface area contributed by atoms with E-state index in [0.29, 0.717) is 0 Å². The molecule has 1 aromatic rings. The SMILES string of the molecule is CC(C)C(O)(Cc1ccccc1)C(C)C.C[N-]C.[Cl][Ti][Cl]. The summed E-state index contributed by atoms with van der Waals surface area (Å²) in [4.78, 5) is 0. The summed E-state index contributed by atoms with van der Waals surface area (Å²) >= 11 is -0.556. The predicted octanol–water partition coefficient (Wildman–Crippen LogP) is 5.27. The molecule has 5 heteroatoms. The second kappa shape index (κ2) is 14.1. The third kappa shape index (κ3) is 10.7. The summed E-state index contributed by atoms with van der Waals surface area (Å²) in [5, 5.41) is 14.1. The molecule has 1 rings (SSSR count). The van der Waals surface area contributed by atoms with Gasteiger partial charge in [-0.25, -0.2) is 0 Å². The van der Waals surface area contributed by atoms with Gasteiger partial charge in [0, 0.05) is 6.42 Å². The fourth-order valence-electron chi connectivity index (χ4n) is 2.00. The molecule has 0 aliphatic rings. The van der Waals surface area contributed by atoms with Gasteiger partial charge < -0.3 is 10.4 Å². The number of hydrogen-bond donors (Lipinski definition) is 1. The Labute approximate surface area is 147 Å². The van der Waals surface area contributed by atoms with E-state index >= 15 is 0 Å². The van der Waals surface area contributed by atoms with E-state index in [4.69, 9.17) is 18.6 Å². The second-order valence-electron chi connectivity index (χ2n) is 5.48. The molecule has 0 heterocycles. The second-order valence-corrected chi connectivity index (χ2v) is 8.06. The molecule has 0 radical (unpaired) electrons. The van der Waals surface area contributed by atoms with Gasteiger partial charge in [-0.2, -0.15) is 14.1 Å². The number of halogens is 2. The normalized spacial score (nSPS) is 10.4. The molecule has 0 bridgehead atoms. The number of rotatable bonds is 4. The molecule has 0 saturated carbocycles. The molecular weight excluding hydrogens is 341 g/mol. The van der Waals surface area contributed by atoms with E-state index < -0.39 is 22.6 Å². The first kappa shape index (κ1) is 23.7. The molecule has 0 aliphatic heterocycles. The Bertz CT molecular complexity index is 324.